The molecule has 184 valence electrons. The van der Waals surface area contributed by atoms with E-state index in [4.69, 9.17) is 9.47 Å². The van der Waals surface area contributed by atoms with Crippen molar-refractivity contribution in [3.63, 3.8) is 0 Å². The Morgan fingerprint density at radius 3 is 1.42 bits per heavy atom. The Morgan fingerprint density at radius 1 is 0.613 bits per heavy atom. The molecule has 0 unspecified atom stereocenters. The van der Waals surface area contributed by atoms with Crippen LogP contribution >= 0.6 is 0 Å². The van der Waals surface area contributed by atoms with Gasteiger partial charge in [0, 0.05) is 0 Å². The summed E-state index contributed by atoms with van der Waals surface area (Å²) in [6, 6.07) is -0.653. The van der Waals surface area contributed by atoms with Crippen molar-refractivity contribution in [3.05, 3.63) is 0 Å². The van der Waals surface area contributed by atoms with E-state index in [0.717, 1.165) is 25.7 Å². The smallest absolute Gasteiger partial charge is 0.407 e. The second-order valence-electron chi connectivity index (χ2n) is 9.12. The molecule has 0 aliphatic rings. The van der Waals surface area contributed by atoms with Crippen molar-refractivity contribution >= 4 is 12.1 Å². The SMILES string of the molecule is CCCCCCCCCCOC(=O)N[C@H](C(=O)OCCCCCCCCCC)C(C)C. The van der Waals surface area contributed by atoms with Gasteiger partial charge in [0.05, 0.1) is 13.2 Å². The Balaban J connectivity index is 3.82. The van der Waals surface area contributed by atoms with Gasteiger partial charge in [0.1, 0.15) is 6.04 Å². The summed E-state index contributed by atoms with van der Waals surface area (Å²) in [6.07, 6.45) is 18.7. The van der Waals surface area contributed by atoms with Gasteiger partial charge in [0.25, 0.3) is 0 Å². The molecule has 0 aliphatic heterocycles. The lowest BCUT2D eigenvalue weighted by molar-refractivity contribution is -0.147. The Labute approximate surface area is 192 Å². The van der Waals surface area contributed by atoms with Gasteiger partial charge in [-0.1, -0.05) is 118 Å². The van der Waals surface area contributed by atoms with E-state index in [2.05, 4.69) is 19.2 Å². The minimum atomic E-state index is -0.653. The number of alkyl carbamates (subject to hydrolysis) is 1. The number of unbranched alkanes of at least 4 members (excludes halogenated alkanes) is 14. The molecule has 0 aromatic rings. The molecule has 0 saturated carbocycles. The quantitative estimate of drug-likeness (QED) is 0.147. The fraction of sp³-hybridized carbons (Fsp3) is 0.923. The van der Waals surface area contributed by atoms with Gasteiger partial charge < -0.3 is 14.8 Å². The molecule has 31 heavy (non-hydrogen) atoms. The van der Waals surface area contributed by atoms with E-state index >= 15 is 0 Å². The van der Waals surface area contributed by atoms with E-state index in [1.165, 1.54) is 77.0 Å². The first-order valence-electron chi connectivity index (χ1n) is 13.1. The number of ether oxygens (including phenoxy) is 2. The number of amides is 1. The lowest BCUT2D eigenvalue weighted by Crippen LogP contribution is -2.45. The number of hydrogen-bond donors (Lipinski definition) is 1. The van der Waals surface area contributed by atoms with E-state index in [9.17, 15) is 9.59 Å². The monoisotopic (exact) mass is 441 g/mol. The third-order valence-electron chi connectivity index (χ3n) is 5.67. The van der Waals surface area contributed by atoms with Gasteiger partial charge >= 0.3 is 12.1 Å². The topological polar surface area (TPSA) is 64.6 Å². The first-order chi connectivity index (χ1) is 15.0. The number of carbonyl (C=O) groups is 2. The molecular weight excluding hydrogens is 390 g/mol. The van der Waals surface area contributed by atoms with Gasteiger partial charge in [-0.25, -0.2) is 9.59 Å². The third-order valence-corrected chi connectivity index (χ3v) is 5.67. The Hall–Kier alpha value is -1.26. The van der Waals surface area contributed by atoms with Crippen LogP contribution in [0.3, 0.4) is 0 Å². The second kappa shape index (κ2) is 22.0. The highest BCUT2D eigenvalue weighted by Gasteiger charge is 2.26. The van der Waals surface area contributed by atoms with Gasteiger partial charge in [-0.15, -0.1) is 0 Å². The lowest BCUT2D eigenvalue weighted by atomic mass is 10.1. The maximum absolute atomic E-state index is 12.4. The summed E-state index contributed by atoms with van der Waals surface area (Å²) in [4.78, 5) is 24.4. The van der Waals surface area contributed by atoms with E-state index in [0.29, 0.717) is 13.2 Å². The molecule has 5 heteroatoms. The number of hydrogen-bond acceptors (Lipinski definition) is 4. The molecule has 5 nitrogen and oxygen atoms in total. The van der Waals surface area contributed by atoms with E-state index in [1.54, 1.807) is 0 Å². The minimum absolute atomic E-state index is 0.0401. The molecular formula is C26H51NO4. The predicted octanol–water partition coefficient (Wildman–Crippen LogP) is 7.56. The van der Waals surface area contributed by atoms with Crippen LogP contribution in [0.2, 0.25) is 0 Å². The average molecular weight is 442 g/mol. The van der Waals surface area contributed by atoms with Crippen LogP contribution in [-0.4, -0.2) is 31.3 Å². The standard InChI is InChI=1S/C26H51NO4/c1-5-7-9-11-13-15-17-19-21-30-25(28)24(23(3)4)27-26(29)31-22-20-18-16-14-12-10-8-6-2/h23-24H,5-22H2,1-4H3,(H,27,29)/t24-/m0/s1. The van der Waals surface area contributed by atoms with Crippen LogP contribution in [0.5, 0.6) is 0 Å². The van der Waals surface area contributed by atoms with Crippen molar-refractivity contribution in [2.75, 3.05) is 13.2 Å². The van der Waals surface area contributed by atoms with Crippen molar-refractivity contribution in [3.8, 4) is 0 Å². The van der Waals surface area contributed by atoms with Crippen LogP contribution in [0.15, 0.2) is 0 Å². The maximum Gasteiger partial charge on any atom is 0.407 e. The zero-order chi connectivity index (χ0) is 23.2. The number of carbonyl (C=O) groups excluding carboxylic acids is 2. The van der Waals surface area contributed by atoms with Gasteiger partial charge in [-0.2, -0.15) is 0 Å². The normalized spacial score (nSPS) is 12.0. The molecule has 0 rings (SSSR count). The summed E-state index contributed by atoms with van der Waals surface area (Å²) in [7, 11) is 0. The summed E-state index contributed by atoms with van der Waals surface area (Å²) < 4.78 is 10.7. The predicted molar refractivity (Wildman–Crippen MR) is 129 cm³/mol. The highest BCUT2D eigenvalue weighted by atomic mass is 16.6. The number of rotatable bonds is 21. The average Bonchev–Trinajstić information content (AvgIpc) is 2.74. The number of esters is 1. The Kier molecular flexibility index (Phi) is 21.1. The summed E-state index contributed by atoms with van der Waals surface area (Å²) in [5, 5.41) is 2.69. The van der Waals surface area contributed by atoms with Crippen LogP contribution in [0.4, 0.5) is 4.79 Å². The minimum Gasteiger partial charge on any atom is -0.464 e. The highest BCUT2D eigenvalue weighted by molar-refractivity contribution is 5.81. The van der Waals surface area contributed by atoms with Crippen LogP contribution < -0.4 is 5.32 Å². The molecule has 0 fully saturated rings. The second-order valence-corrected chi connectivity index (χ2v) is 9.12. The zero-order valence-electron chi connectivity index (χ0n) is 21.0. The molecule has 0 heterocycles. The zero-order valence-corrected chi connectivity index (χ0v) is 21.0. The van der Waals surface area contributed by atoms with E-state index < -0.39 is 12.1 Å². The summed E-state index contributed by atoms with van der Waals surface area (Å²) in [6.45, 7) is 9.08. The van der Waals surface area contributed by atoms with Crippen molar-refractivity contribution in [2.45, 2.75) is 136 Å². The molecule has 1 amide bonds. The van der Waals surface area contributed by atoms with E-state index in [1.807, 2.05) is 13.8 Å². The molecule has 0 bridgehead atoms. The first-order valence-corrected chi connectivity index (χ1v) is 13.1. The van der Waals surface area contributed by atoms with Crippen molar-refractivity contribution in [1.29, 1.82) is 0 Å². The summed E-state index contributed by atoms with van der Waals surface area (Å²) >= 11 is 0. The maximum atomic E-state index is 12.4. The fourth-order valence-corrected chi connectivity index (χ4v) is 3.57. The van der Waals surface area contributed by atoms with E-state index in [-0.39, 0.29) is 11.9 Å². The van der Waals surface area contributed by atoms with Gasteiger partial charge in [-0.3, -0.25) is 0 Å². The van der Waals surface area contributed by atoms with Crippen LogP contribution in [-0.2, 0) is 14.3 Å². The molecule has 0 aromatic heterocycles. The summed E-state index contributed by atoms with van der Waals surface area (Å²) in [5.74, 6) is -0.399. The molecule has 0 aromatic carbocycles. The molecule has 0 spiro atoms. The van der Waals surface area contributed by atoms with Crippen molar-refractivity contribution in [1.82, 2.24) is 5.32 Å². The Morgan fingerprint density at radius 2 is 1.00 bits per heavy atom. The molecule has 0 radical (unpaired) electrons. The summed E-state index contributed by atoms with van der Waals surface area (Å²) in [5.41, 5.74) is 0. The third kappa shape index (κ3) is 19.2. The van der Waals surface area contributed by atoms with Crippen LogP contribution in [0.1, 0.15) is 130 Å². The van der Waals surface area contributed by atoms with Crippen LogP contribution in [0, 0.1) is 5.92 Å². The van der Waals surface area contributed by atoms with Crippen molar-refractivity contribution in [2.24, 2.45) is 5.92 Å². The molecule has 1 atom stereocenters. The molecule has 0 saturated heterocycles. The molecule has 1 N–H and O–H groups in total. The Bertz CT molecular complexity index is 426. The van der Waals surface area contributed by atoms with Gasteiger partial charge in [-0.05, 0) is 18.8 Å². The van der Waals surface area contributed by atoms with Gasteiger partial charge in [0.15, 0.2) is 0 Å². The molecule has 0 aliphatic carbocycles. The van der Waals surface area contributed by atoms with Gasteiger partial charge in [0.2, 0.25) is 0 Å². The largest absolute Gasteiger partial charge is 0.464 e. The van der Waals surface area contributed by atoms with Crippen molar-refractivity contribution < 1.29 is 19.1 Å². The highest BCUT2D eigenvalue weighted by Crippen LogP contribution is 2.10. The fourth-order valence-electron chi connectivity index (χ4n) is 3.57. The first kappa shape index (κ1) is 29.7. The number of nitrogens with one attached hydrogen (secondary N) is 1. The lowest BCUT2D eigenvalue weighted by Gasteiger charge is -2.20. The van der Waals surface area contributed by atoms with Crippen LogP contribution in [0.25, 0.3) is 0 Å².